The van der Waals surface area contributed by atoms with E-state index in [1.807, 2.05) is 0 Å². The van der Waals surface area contributed by atoms with E-state index >= 15 is 0 Å². The van der Waals surface area contributed by atoms with Crippen molar-refractivity contribution in [2.45, 2.75) is 0 Å². The Labute approximate surface area is 33.3 Å². The lowest BCUT2D eigenvalue weighted by atomic mass is 11.3. The second-order valence-corrected chi connectivity index (χ2v) is 0.480. The Kier molecular flexibility index (Phi) is 1.81. The summed E-state index contributed by atoms with van der Waals surface area (Å²) in [4.78, 5) is 18.2. The Hall–Kier alpha value is -1.06. The molecule has 0 heterocycles. The molecule has 0 amide bonds. The van der Waals surface area contributed by atoms with Crippen LogP contribution in [0.25, 0.3) is 0 Å². The highest BCUT2D eigenvalue weighted by atomic mass is 16.7. The van der Waals surface area contributed by atoms with Crippen LogP contribution in [0.4, 0.5) is 4.79 Å². The molecule has 0 aliphatic heterocycles. The Morgan fingerprint density at radius 2 is 2.33 bits per heavy atom. The topological polar surface area (TPSA) is 63.6 Å². The molecule has 0 radical (unpaired) electrons. The largest absolute Gasteiger partial charge is 0.513 e. The Morgan fingerprint density at radius 3 is 2.33 bits per heavy atom. The molecule has 0 aliphatic rings. The molecule has 0 rings (SSSR count). The molecule has 0 bridgehead atoms. The van der Waals surface area contributed by atoms with Crippen LogP contribution in [0, 0.1) is 0 Å². The van der Waals surface area contributed by atoms with Crippen molar-refractivity contribution in [3.63, 3.8) is 0 Å². The molecule has 0 aromatic carbocycles. The van der Waals surface area contributed by atoms with E-state index in [9.17, 15) is 0 Å². The molecule has 0 saturated heterocycles. The molecule has 0 spiro atoms. The third kappa shape index (κ3) is 2.94. The summed E-state index contributed by atoms with van der Waals surface area (Å²) in [5.74, 6) is 0. The fourth-order valence-electron chi connectivity index (χ4n) is 0.0412. The Balaban J connectivity index is 3.05. The lowest BCUT2D eigenvalue weighted by Gasteiger charge is -1.77. The van der Waals surface area contributed by atoms with Crippen LogP contribution < -0.4 is 0 Å². The summed E-state index contributed by atoms with van der Waals surface area (Å²) < 4.78 is 3.28. The molecule has 0 fully saturated rings. The minimum atomic E-state index is -1.58. The minimum Gasteiger partial charge on any atom is -0.449 e. The average molecular weight is 90.0 g/mol. The van der Waals surface area contributed by atoms with Gasteiger partial charge in [0.1, 0.15) is 0 Å². The second-order valence-electron chi connectivity index (χ2n) is 0.480. The van der Waals surface area contributed by atoms with Gasteiger partial charge in [0, 0.05) is 0 Å². The van der Waals surface area contributed by atoms with Gasteiger partial charge < -0.3 is 9.84 Å². The van der Waals surface area contributed by atoms with Crippen molar-refractivity contribution in [1.29, 1.82) is 0 Å². The smallest absolute Gasteiger partial charge is 0.449 e. The SMILES string of the molecule is O=COC(=O)O. The first-order valence-electron chi connectivity index (χ1n) is 1.10. The van der Waals surface area contributed by atoms with E-state index in [4.69, 9.17) is 14.7 Å². The maximum Gasteiger partial charge on any atom is 0.513 e. The second kappa shape index (κ2) is 2.19. The lowest BCUT2D eigenvalue weighted by molar-refractivity contribution is -0.124. The predicted molar refractivity (Wildman–Crippen MR) is 15.2 cm³/mol. The summed E-state index contributed by atoms with van der Waals surface area (Å²) in [5, 5.41) is 7.46. The molecular weight excluding hydrogens is 88.0 g/mol. The van der Waals surface area contributed by atoms with Gasteiger partial charge in [-0.2, -0.15) is 0 Å². The van der Waals surface area contributed by atoms with E-state index in [1.54, 1.807) is 0 Å². The van der Waals surface area contributed by atoms with Gasteiger partial charge in [0.2, 0.25) is 0 Å². The van der Waals surface area contributed by atoms with Gasteiger partial charge in [0.05, 0.1) is 0 Å². The molecule has 6 heavy (non-hydrogen) atoms. The number of rotatable bonds is 1. The monoisotopic (exact) mass is 90.0 g/mol. The normalized spacial score (nSPS) is 6.67. The number of carboxylic acid groups (broad SMARTS) is 1. The van der Waals surface area contributed by atoms with Crippen molar-refractivity contribution in [3.05, 3.63) is 0 Å². The zero-order chi connectivity index (χ0) is 4.99. The van der Waals surface area contributed by atoms with Gasteiger partial charge in [-0.15, -0.1) is 0 Å². The first-order chi connectivity index (χ1) is 2.77. The molecule has 0 aromatic heterocycles. The van der Waals surface area contributed by atoms with Crippen molar-refractivity contribution >= 4 is 12.6 Å². The molecule has 4 heteroatoms. The maximum atomic E-state index is 9.15. The number of carbonyl (C=O) groups excluding carboxylic acids is 1. The van der Waals surface area contributed by atoms with Crippen LogP contribution in [0.2, 0.25) is 0 Å². The third-order valence-corrected chi connectivity index (χ3v) is 0.149. The molecule has 0 unspecified atom stereocenters. The van der Waals surface area contributed by atoms with Gasteiger partial charge in [-0.3, -0.25) is 4.79 Å². The first-order valence-corrected chi connectivity index (χ1v) is 1.10. The van der Waals surface area contributed by atoms with Crippen molar-refractivity contribution in [2.24, 2.45) is 0 Å². The molecule has 0 aromatic rings. The first kappa shape index (κ1) is 4.94. The van der Waals surface area contributed by atoms with Crippen LogP contribution >= 0.6 is 0 Å². The number of hydrogen-bond acceptors (Lipinski definition) is 3. The minimum absolute atomic E-state index is 0.150. The molecule has 0 atom stereocenters. The third-order valence-electron chi connectivity index (χ3n) is 0.149. The fraction of sp³-hybridized carbons (Fsp3) is 0. The average Bonchev–Trinajstić information content (AvgIpc) is 1.35. The van der Waals surface area contributed by atoms with Gasteiger partial charge in [-0.05, 0) is 0 Å². The molecular formula is C2H2O4. The highest BCUT2D eigenvalue weighted by Crippen LogP contribution is 1.62. The van der Waals surface area contributed by atoms with Crippen LogP contribution in [-0.4, -0.2) is 17.7 Å². The van der Waals surface area contributed by atoms with E-state index in [1.165, 1.54) is 0 Å². The van der Waals surface area contributed by atoms with E-state index in [2.05, 4.69) is 4.74 Å². The van der Waals surface area contributed by atoms with E-state index in [0.717, 1.165) is 0 Å². The van der Waals surface area contributed by atoms with Crippen molar-refractivity contribution < 1.29 is 19.4 Å². The van der Waals surface area contributed by atoms with Crippen LogP contribution in [0.1, 0.15) is 0 Å². The molecule has 1 N–H and O–H groups in total. The van der Waals surface area contributed by atoms with Crippen molar-refractivity contribution in [2.75, 3.05) is 0 Å². The van der Waals surface area contributed by atoms with Gasteiger partial charge in [-0.1, -0.05) is 0 Å². The lowest BCUT2D eigenvalue weighted by Crippen LogP contribution is -1.95. The quantitative estimate of drug-likeness (QED) is 0.276. The van der Waals surface area contributed by atoms with Crippen LogP contribution in [-0.2, 0) is 9.53 Å². The Morgan fingerprint density at radius 1 is 1.83 bits per heavy atom. The summed E-state index contributed by atoms with van der Waals surface area (Å²) in [5.41, 5.74) is 0. The maximum absolute atomic E-state index is 9.15. The number of hydrogen-bond donors (Lipinski definition) is 1. The predicted octanol–water partition coefficient (Wildman–Crippen LogP) is -0.163. The molecule has 34 valence electrons. The van der Waals surface area contributed by atoms with Crippen LogP contribution in [0.5, 0.6) is 0 Å². The summed E-state index contributed by atoms with van der Waals surface area (Å²) in [6.07, 6.45) is -1.58. The zero-order valence-electron chi connectivity index (χ0n) is 2.75. The summed E-state index contributed by atoms with van der Waals surface area (Å²) in [6.45, 7) is -0.150. The van der Waals surface area contributed by atoms with Gasteiger partial charge in [0.15, 0.2) is 0 Å². The zero-order valence-corrected chi connectivity index (χ0v) is 2.75. The van der Waals surface area contributed by atoms with Gasteiger partial charge in [0.25, 0.3) is 0 Å². The Bertz CT molecular complexity index is 65.9. The van der Waals surface area contributed by atoms with E-state index in [0.29, 0.717) is 0 Å². The molecule has 0 saturated carbocycles. The van der Waals surface area contributed by atoms with Crippen molar-refractivity contribution in [3.8, 4) is 0 Å². The molecule has 4 nitrogen and oxygen atoms in total. The standard InChI is InChI=1S/C2H2O4/c3-1-6-2(4)5/h1H,(H,4,5). The number of ether oxygens (including phenoxy) is 1. The summed E-state index contributed by atoms with van der Waals surface area (Å²) >= 11 is 0. The van der Waals surface area contributed by atoms with E-state index < -0.39 is 6.16 Å². The molecule has 0 aliphatic carbocycles. The van der Waals surface area contributed by atoms with Crippen LogP contribution in [0.3, 0.4) is 0 Å². The summed E-state index contributed by atoms with van der Waals surface area (Å²) in [7, 11) is 0. The highest BCUT2D eigenvalue weighted by Gasteiger charge is 1.87. The van der Waals surface area contributed by atoms with Crippen LogP contribution in [0.15, 0.2) is 0 Å². The van der Waals surface area contributed by atoms with Gasteiger partial charge >= 0.3 is 12.6 Å². The summed E-state index contributed by atoms with van der Waals surface area (Å²) in [6, 6.07) is 0. The fourth-order valence-corrected chi connectivity index (χ4v) is 0.0412. The van der Waals surface area contributed by atoms with Gasteiger partial charge in [-0.25, -0.2) is 4.79 Å². The van der Waals surface area contributed by atoms with Crippen molar-refractivity contribution in [1.82, 2.24) is 0 Å². The number of carbonyl (C=O) groups is 2. The van der Waals surface area contributed by atoms with E-state index in [-0.39, 0.29) is 6.47 Å². The highest BCUT2D eigenvalue weighted by molar-refractivity contribution is 5.66.